The zero-order chi connectivity index (χ0) is 21.8. The predicted molar refractivity (Wildman–Crippen MR) is 113 cm³/mol. The minimum Gasteiger partial charge on any atom is -0.315 e. The normalized spacial score (nSPS) is 19.3. The molecule has 0 radical (unpaired) electrons. The molecule has 2 aliphatic heterocycles. The summed E-state index contributed by atoms with van der Waals surface area (Å²) < 4.78 is 5.77. The Morgan fingerprint density at radius 2 is 2.17 bits per heavy atom. The van der Waals surface area contributed by atoms with Crippen molar-refractivity contribution in [3.05, 3.63) is 12.4 Å². The largest absolute Gasteiger partial charge is 0.436 e. The Hall–Kier alpha value is -2.58. The maximum absolute atomic E-state index is 11.9. The van der Waals surface area contributed by atoms with Crippen molar-refractivity contribution in [2.45, 2.75) is 43.3 Å². The van der Waals surface area contributed by atoms with Crippen LogP contribution in [0.3, 0.4) is 0 Å². The molecule has 2 aliphatic rings. The summed E-state index contributed by atoms with van der Waals surface area (Å²) in [4.78, 5) is 41.8. The number of carbonyl (C=O) groups excluding carboxylic acids is 2. The smallest absolute Gasteiger partial charge is 0.315 e. The zero-order valence-electron chi connectivity index (χ0n) is 16.9. The van der Waals surface area contributed by atoms with Gasteiger partial charge in [-0.1, -0.05) is 33.6 Å². The first-order valence-electron chi connectivity index (χ1n) is 8.93. The van der Waals surface area contributed by atoms with Crippen LogP contribution in [-0.2, 0) is 14.5 Å². The lowest BCUT2D eigenvalue weighted by Crippen LogP contribution is -2.44. The van der Waals surface area contributed by atoms with E-state index in [4.69, 9.17) is 9.68 Å². The van der Waals surface area contributed by atoms with Gasteiger partial charge in [-0.15, -0.1) is 0 Å². The number of carbonyl (C=O) groups is 2. The van der Waals surface area contributed by atoms with Gasteiger partial charge in [0, 0.05) is 26.2 Å². The number of amides is 1. The van der Waals surface area contributed by atoms with Crippen molar-refractivity contribution in [2.75, 3.05) is 12.4 Å². The molecule has 0 atom stereocenters. The maximum atomic E-state index is 11.9. The third kappa shape index (κ3) is 5.31. The SMILES string of the molecule is CC1(C)Sc2nccn2C1=NOC(=O)CNSCNC(=O)ON[N+]1=CC=NC1(C)C. The Balaban J connectivity index is 1.30. The molecule has 0 unspecified atom stereocenters. The summed E-state index contributed by atoms with van der Waals surface area (Å²) in [6.45, 7) is 7.57. The molecule has 14 heteroatoms. The number of thioether (sulfide) groups is 1. The lowest BCUT2D eigenvalue weighted by Gasteiger charge is -2.15. The van der Waals surface area contributed by atoms with E-state index in [-0.39, 0.29) is 17.2 Å². The molecule has 0 saturated carbocycles. The van der Waals surface area contributed by atoms with Gasteiger partial charge in [0.15, 0.2) is 11.0 Å². The van der Waals surface area contributed by atoms with Gasteiger partial charge in [-0.05, 0) is 19.4 Å². The molecule has 0 aromatic carbocycles. The first kappa shape index (κ1) is 22.1. The van der Waals surface area contributed by atoms with E-state index in [1.165, 1.54) is 11.8 Å². The summed E-state index contributed by atoms with van der Waals surface area (Å²) >= 11 is 2.65. The number of hydrazone groups is 1. The van der Waals surface area contributed by atoms with E-state index in [1.54, 1.807) is 34.1 Å². The van der Waals surface area contributed by atoms with Gasteiger partial charge in [0.1, 0.15) is 6.54 Å². The summed E-state index contributed by atoms with van der Waals surface area (Å²) in [7, 11) is 0. The van der Waals surface area contributed by atoms with E-state index < -0.39 is 17.7 Å². The van der Waals surface area contributed by atoms with E-state index in [2.05, 4.69) is 30.8 Å². The molecule has 0 bridgehead atoms. The highest BCUT2D eigenvalue weighted by atomic mass is 32.2. The highest BCUT2D eigenvalue weighted by Crippen LogP contribution is 2.39. The summed E-state index contributed by atoms with van der Waals surface area (Å²) in [6, 6.07) is 0. The van der Waals surface area contributed by atoms with Gasteiger partial charge in [0.05, 0.1) is 16.8 Å². The third-order valence-electron chi connectivity index (χ3n) is 3.99. The van der Waals surface area contributed by atoms with Crippen molar-refractivity contribution in [3.8, 4) is 0 Å². The summed E-state index contributed by atoms with van der Waals surface area (Å²) in [6.07, 6.45) is 6.02. The highest BCUT2D eigenvalue weighted by Gasteiger charge is 2.38. The molecule has 0 spiro atoms. The van der Waals surface area contributed by atoms with Gasteiger partial charge in [-0.25, -0.2) is 19.6 Å². The topological polar surface area (TPSA) is 134 Å². The number of hydrazine groups is 1. The fourth-order valence-electron chi connectivity index (χ4n) is 2.42. The fraction of sp³-hybridized carbons (Fsp3) is 0.500. The third-order valence-corrected chi connectivity index (χ3v) is 5.81. The standard InChI is InChI=1S/C16H22N8O4S2/c1-15(2)12(23-7-5-17-13(23)30-15)21-27-11(25)9-20-29-10-18-14(26)28-22-24-8-6-19-16(24,3)4/h5-8,20H,9-10H2,1-4H3,(H-,18,19,22,26)/p+1. The van der Waals surface area contributed by atoms with Crippen molar-refractivity contribution < 1.29 is 23.9 Å². The maximum Gasteiger partial charge on any atom is 0.436 e. The number of rotatable bonds is 8. The Bertz CT molecular complexity index is 909. The molecule has 0 aliphatic carbocycles. The number of aliphatic imine (C=N–C) groups is 1. The molecule has 3 heterocycles. The van der Waals surface area contributed by atoms with Gasteiger partial charge < -0.3 is 10.2 Å². The van der Waals surface area contributed by atoms with E-state index in [1.807, 2.05) is 27.7 Å². The molecule has 1 amide bonds. The van der Waals surface area contributed by atoms with Crippen molar-refractivity contribution >= 4 is 54.0 Å². The average molecular weight is 456 g/mol. The van der Waals surface area contributed by atoms with Crippen LogP contribution >= 0.6 is 23.7 Å². The van der Waals surface area contributed by atoms with Gasteiger partial charge in [-0.3, -0.25) is 14.1 Å². The molecular weight excluding hydrogens is 432 g/mol. The van der Waals surface area contributed by atoms with Crippen LogP contribution in [0.25, 0.3) is 0 Å². The molecule has 3 N–H and O–H groups in total. The second-order valence-electron chi connectivity index (χ2n) is 7.13. The van der Waals surface area contributed by atoms with Crippen LogP contribution in [0.5, 0.6) is 0 Å². The monoisotopic (exact) mass is 455 g/mol. The number of oxime groups is 1. The Kier molecular flexibility index (Phi) is 6.67. The highest BCUT2D eigenvalue weighted by molar-refractivity contribution is 8.01. The lowest BCUT2D eigenvalue weighted by atomic mass is 10.2. The first-order valence-corrected chi connectivity index (χ1v) is 10.7. The van der Waals surface area contributed by atoms with E-state index >= 15 is 0 Å². The molecule has 12 nitrogen and oxygen atoms in total. The van der Waals surface area contributed by atoms with Crippen molar-refractivity contribution in [2.24, 2.45) is 10.1 Å². The number of hydrogen-bond donors (Lipinski definition) is 3. The van der Waals surface area contributed by atoms with Gasteiger partial charge in [0.25, 0.3) is 5.66 Å². The van der Waals surface area contributed by atoms with Crippen molar-refractivity contribution in [3.63, 3.8) is 0 Å². The van der Waals surface area contributed by atoms with E-state index in [0.29, 0.717) is 5.84 Å². The number of fused-ring (bicyclic) bond motifs is 1. The number of hydrogen-bond acceptors (Lipinski definition) is 11. The Labute approximate surface area is 181 Å². The molecule has 0 fully saturated rings. The number of nitrogens with one attached hydrogen (secondary N) is 3. The van der Waals surface area contributed by atoms with Crippen LogP contribution in [0.2, 0.25) is 0 Å². The van der Waals surface area contributed by atoms with E-state index in [9.17, 15) is 9.59 Å². The van der Waals surface area contributed by atoms with Crippen LogP contribution in [0.4, 0.5) is 4.79 Å². The number of aromatic nitrogens is 2. The van der Waals surface area contributed by atoms with Crippen molar-refractivity contribution in [1.29, 1.82) is 0 Å². The quantitative estimate of drug-likeness (QED) is 0.129. The molecule has 162 valence electrons. The van der Waals surface area contributed by atoms with Gasteiger partial charge in [-0.2, -0.15) is 0 Å². The number of imidazole rings is 1. The minimum absolute atomic E-state index is 0.0882. The molecular formula is C16H23N8O4S2+. The summed E-state index contributed by atoms with van der Waals surface area (Å²) in [5.41, 5.74) is 1.96. The predicted octanol–water partition coefficient (Wildman–Crippen LogP) is 0.717. The Morgan fingerprint density at radius 1 is 1.37 bits per heavy atom. The van der Waals surface area contributed by atoms with Gasteiger partial charge >= 0.3 is 12.1 Å². The molecule has 30 heavy (non-hydrogen) atoms. The van der Waals surface area contributed by atoms with Gasteiger partial charge in [0.2, 0.25) is 6.21 Å². The molecule has 1 aromatic rings. The second kappa shape index (κ2) is 9.06. The van der Waals surface area contributed by atoms with Crippen LogP contribution < -0.4 is 15.6 Å². The van der Waals surface area contributed by atoms with Crippen molar-refractivity contribution in [1.82, 2.24) is 25.2 Å². The summed E-state index contributed by atoms with van der Waals surface area (Å²) in [5, 5.41) is 7.30. The zero-order valence-corrected chi connectivity index (χ0v) is 18.5. The van der Waals surface area contributed by atoms with Crippen LogP contribution in [0, 0.1) is 0 Å². The van der Waals surface area contributed by atoms with E-state index in [0.717, 1.165) is 17.1 Å². The lowest BCUT2D eigenvalue weighted by molar-refractivity contribution is -0.683. The second-order valence-corrected chi connectivity index (χ2v) is 9.59. The molecule has 0 saturated heterocycles. The van der Waals surface area contributed by atoms with Crippen LogP contribution in [-0.4, -0.2) is 67.4 Å². The molecule has 1 aromatic heterocycles. The fourth-order valence-corrected chi connectivity index (χ4v) is 3.98. The minimum atomic E-state index is -0.675. The first-order chi connectivity index (χ1) is 14.2. The average Bonchev–Trinajstić information content (AvgIpc) is 3.30. The number of nitrogens with zero attached hydrogens (tertiary/aromatic N) is 5. The Morgan fingerprint density at radius 3 is 2.90 bits per heavy atom. The van der Waals surface area contributed by atoms with Crippen LogP contribution in [0.15, 0.2) is 27.7 Å². The van der Waals surface area contributed by atoms with Crippen LogP contribution in [0.1, 0.15) is 27.7 Å². The summed E-state index contributed by atoms with van der Waals surface area (Å²) in [5.74, 6) is 0.218. The molecule has 3 rings (SSSR count).